The third-order valence-corrected chi connectivity index (χ3v) is 3.31. The van der Waals surface area contributed by atoms with E-state index in [9.17, 15) is 14.0 Å². The van der Waals surface area contributed by atoms with Gasteiger partial charge in [-0.15, -0.1) is 0 Å². The molecule has 0 aliphatic carbocycles. The number of carbonyl (C=O) groups excluding carboxylic acids is 1. The maximum absolute atomic E-state index is 14.2. The van der Waals surface area contributed by atoms with Gasteiger partial charge in [-0.05, 0) is 12.0 Å². The number of nitrogens with two attached hydrogens (primary N) is 1. The molecule has 0 aromatic heterocycles. The maximum atomic E-state index is 14.2. The van der Waals surface area contributed by atoms with Crippen LogP contribution in [0.15, 0.2) is 30.3 Å². The molecule has 2 unspecified atom stereocenters. The van der Waals surface area contributed by atoms with Crippen LogP contribution in [0.1, 0.15) is 12.0 Å². The van der Waals surface area contributed by atoms with Gasteiger partial charge >= 0.3 is 6.09 Å². The monoisotopic (exact) mass is 252 g/mol. The average molecular weight is 252 g/mol. The Morgan fingerprint density at radius 1 is 1.39 bits per heavy atom. The minimum Gasteiger partial charge on any atom is -0.465 e. The van der Waals surface area contributed by atoms with E-state index in [4.69, 9.17) is 10.8 Å². The standard InChI is InChI=1S/C12H13FN2O3/c13-9-6-7-15(11(17)18)12(9,10(14)16)8-4-2-1-3-5-8/h1-5,9H,6-7H2,(H2,14,16)(H,17,18). The fourth-order valence-corrected chi connectivity index (χ4v) is 2.50. The van der Waals surface area contributed by atoms with Crippen molar-refractivity contribution in [1.29, 1.82) is 0 Å². The first-order chi connectivity index (χ1) is 8.51. The number of benzene rings is 1. The third kappa shape index (κ3) is 1.53. The maximum Gasteiger partial charge on any atom is 0.408 e. The minimum atomic E-state index is -1.91. The number of alkyl halides is 1. The predicted molar refractivity (Wildman–Crippen MR) is 61.6 cm³/mol. The summed E-state index contributed by atoms with van der Waals surface area (Å²) < 4.78 is 14.2. The highest BCUT2D eigenvalue weighted by molar-refractivity contribution is 5.91. The molecule has 1 heterocycles. The van der Waals surface area contributed by atoms with Crippen molar-refractivity contribution in [3.63, 3.8) is 0 Å². The Morgan fingerprint density at radius 3 is 2.50 bits per heavy atom. The highest BCUT2D eigenvalue weighted by Gasteiger charge is 2.57. The van der Waals surface area contributed by atoms with Crippen molar-refractivity contribution in [2.45, 2.75) is 18.1 Å². The van der Waals surface area contributed by atoms with Crippen LogP contribution in [-0.2, 0) is 10.3 Å². The molecule has 1 fully saturated rings. The lowest BCUT2D eigenvalue weighted by Crippen LogP contribution is -2.57. The number of halogens is 1. The summed E-state index contributed by atoms with van der Waals surface area (Å²) in [6.07, 6.45) is -3.02. The number of hydrogen-bond acceptors (Lipinski definition) is 2. The van der Waals surface area contributed by atoms with E-state index in [-0.39, 0.29) is 18.5 Å². The van der Waals surface area contributed by atoms with Crippen molar-refractivity contribution in [2.24, 2.45) is 5.73 Å². The van der Waals surface area contributed by atoms with Crippen molar-refractivity contribution < 1.29 is 19.1 Å². The number of amides is 2. The number of carbonyl (C=O) groups is 2. The SMILES string of the molecule is NC(=O)C1(c2ccccc2)C(F)CCN1C(=O)O. The van der Waals surface area contributed by atoms with Gasteiger partial charge < -0.3 is 10.8 Å². The van der Waals surface area contributed by atoms with Gasteiger partial charge in [0.15, 0.2) is 5.54 Å². The lowest BCUT2D eigenvalue weighted by molar-refractivity contribution is -0.131. The summed E-state index contributed by atoms with van der Waals surface area (Å²) in [7, 11) is 0. The van der Waals surface area contributed by atoms with E-state index in [1.54, 1.807) is 18.2 Å². The molecule has 1 aromatic carbocycles. The topological polar surface area (TPSA) is 83.6 Å². The molecule has 1 saturated heterocycles. The third-order valence-electron chi connectivity index (χ3n) is 3.31. The first-order valence-electron chi connectivity index (χ1n) is 5.51. The molecular weight excluding hydrogens is 239 g/mol. The van der Waals surface area contributed by atoms with Crippen molar-refractivity contribution in [3.8, 4) is 0 Å². The molecule has 0 radical (unpaired) electrons. The van der Waals surface area contributed by atoms with E-state index in [0.29, 0.717) is 0 Å². The van der Waals surface area contributed by atoms with Crippen LogP contribution in [0.3, 0.4) is 0 Å². The van der Waals surface area contributed by atoms with Crippen molar-refractivity contribution >= 4 is 12.0 Å². The van der Waals surface area contributed by atoms with E-state index in [1.807, 2.05) is 0 Å². The molecule has 2 atom stereocenters. The Hall–Kier alpha value is -2.11. The lowest BCUT2D eigenvalue weighted by atomic mass is 9.85. The molecule has 0 spiro atoms. The highest BCUT2D eigenvalue weighted by Crippen LogP contribution is 2.40. The summed E-state index contributed by atoms with van der Waals surface area (Å²) in [6, 6.07) is 7.96. The average Bonchev–Trinajstić information content (AvgIpc) is 2.69. The van der Waals surface area contributed by atoms with Gasteiger partial charge in [-0.2, -0.15) is 0 Å². The Bertz CT molecular complexity index is 479. The largest absolute Gasteiger partial charge is 0.465 e. The Balaban J connectivity index is 2.62. The highest BCUT2D eigenvalue weighted by atomic mass is 19.1. The summed E-state index contributed by atoms with van der Waals surface area (Å²) in [5.74, 6) is -0.985. The molecular formula is C12H13FN2O3. The molecule has 1 aromatic rings. The zero-order valence-corrected chi connectivity index (χ0v) is 9.54. The summed E-state index contributed by atoms with van der Waals surface area (Å²) in [4.78, 5) is 23.7. The number of likely N-dealkylation sites (tertiary alicyclic amines) is 1. The van der Waals surface area contributed by atoms with Crippen LogP contribution in [0.4, 0.5) is 9.18 Å². The molecule has 2 rings (SSSR count). The van der Waals surface area contributed by atoms with Crippen LogP contribution in [0.2, 0.25) is 0 Å². The molecule has 3 N–H and O–H groups in total. The summed E-state index contributed by atoms with van der Waals surface area (Å²) in [5.41, 5.74) is 3.66. The number of primary amides is 1. The van der Waals surface area contributed by atoms with Crippen LogP contribution >= 0.6 is 0 Å². The van der Waals surface area contributed by atoms with Crippen LogP contribution in [0.5, 0.6) is 0 Å². The molecule has 6 heteroatoms. The van der Waals surface area contributed by atoms with Gasteiger partial charge in [0.25, 0.3) is 5.91 Å². The zero-order valence-electron chi connectivity index (χ0n) is 9.54. The summed E-state index contributed by atoms with van der Waals surface area (Å²) in [6.45, 7) is -0.0473. The number of nitrogens with zero attached hydrogens (tertiary/aromatic N) is 1. The van der Waals surface area contributed by atoms with Gasteiger partial charge in [-0.1, -0.05) is 30.3 Å². The van der Waals surface area contributed by atoms with Crippen LogP contribution in [0, 0.1) is 0 Å². The van der Waals surface area contributed by atoms with E-state index in [0.717, 1.165) is 4.90 Å². The van der Waals surface area contributed by atoms with E-state index in [2.05, 4.69) is 0 Å². The molecule has 0 bridgehead atoms. The second-order valence-corrected chi connectivity index (χ2v) is 4.19. The molecule has 2 amide bonds. The van der Waals surface area contributed by atoms with Gasteiger partial charge in [0.2, 0.25) is 0 Å². The summed E-state index contributed by atoms with van der Waals surface area (Å²) >= 11 is 0. The molecule has 1 aliphatic rings. The first-order valence-corrected chi connectivity index (χ1v) is 5.51. The fraction of sp³-hybridized carbons (Fsp3) is 0.333. The second-order valence-electron chi connectivity index (χ2n) is 4.19. The van der Waals surface area contributed by atoms with Gasteiger partial charge in [-0.25, -0.2) is 9.18 Å². The number of carboxylic acid groups (broad SMARTS) is 1. The molecule has 1 aliphatic heterocycles. The van der Waals surface area contributed by atoms with Gasteiger partial charge in [0.1, 0.15) is 6.17 Å². The predicted octanol–water partition coefficient (Wildman–Crippen LogP) is 1.09. The quantitative estimate of drug-likeness (QED) is 0.826. The van der Waals surface area contributed by atoms with Crippen molar-refractivity contribution in [2.75, 3.05) is 6.54 Å². The van der Waals surface area contributed by atoms with Crippen molar-refractivity contribution in [1.82, 2.24) is 4.90 Å². The Kier molecular flexibility index (Phi) is 2.94. The summed E-state index contributed by atoms with van der Waals surface area (Å²) in [5, 5.41) is 9.13. The number of hydrogen-bond donors (Lipinski definition) is 2. The van der Waals surface area contributed by atoms with Crippen molar-refractivity contribution in [3.05, 3.63) is 35.9 Å². The second kappa shape index (κ2) is 4.29. The van der Waals surface area contributed by atoms with E-state index >= 15 is 0 Å². The van der Waals surface area contributed by atoms with E-state index < -0.39 is 23.7 Å². The Labute approximate surface area is 103 Å². The normalized spacial score (nSPS) is 27.2. The zero-order chi connectivity index (χ0) is 13.3. The van der Waals surface area contributed by atoms with Crippen LogP contribution < -0.4 is 5.73 Å². The molecule has 96 valence electrons. The smallest absolute Gasteiger partial charge is 0.408 e. The van der Waals surface area contributed by atoms with Crippen LogP contribution in [0.25, 0.3) is 0 Å². The van der Waals surface area contributed by atoms with Gasteiger partial charge in [0, 0.05) is 6.54 Å². The van der Waals surface area contributed by atoms with E-state index in [1.165, 1.54) is 12.1 Å². The van der Waals surface area contributed by atoms with Crippen LogP contribution in [-0.4, -0.2) is 34.7 Å². The molecule has 0 saturated carbocycles. The van der Waals surface area contributed by atoms with Gasteiger partial charge in [-0.3, -0.25) is 9.69 Å². The lowest BCUT2D eigenvalue weighted by Gasteiger charge is -2.35. The molecule has 18 heavy (non-hydrogen) atoms. The molecule has 5 nitrogen and oxygen atoms in total. The minimum absolute atomic E-state index is 0.0376. The Morgan fingerprint density at radius 2 is 2.00 bits per heavy atom. The first kappa shape index (κ1) is 12.3. The fourth-order valence-electron chi connectivity index (χ4n) is 2.50. The number of rotatable bonds is 2. The van der Waals surface area contributed by atoms with Gasteiger partial charge in [0.05, 0.1) is 0 Å².